The van der Waals surface area contributed by atoms with Gasteiger partial charge >= 0.3 is 0 Å². The minimum Gasteiger partial charge on any atom is -0.357 e. The van der Waals surface area contributed by atoms with E-state index in [9.17, 15) is 0 Å². The third kappa shape index (κ3) is 7.19. The van der Waals surface area contributed by atoms with E-state index in [1.807, 2.05) is 13.8 Å². The minimum atomic E-state index is 0.0476. The second-order valence-electron chi connectivity index (χ2n) is 4.45. The number of nitrogens with zero attached hydrogens (tertiary/aromatic N) is 1. The summed E-state index contributed by atoms with van der Waals surface area (Å²) in [6, 6.07) is 1.24. The van der Waals surface area contributed by atoms with E-state index in [0.717, 1.165) is 22.7 Å². The monoisotopic (exact) mass is 257 g/mol. The normalized spacial score (nSPS) is 17.8. The molecule has 1 aliphatic rings. The van der Waals surface area contributed by atoms with Crippen molar-refractivity contribution in [1.82, 2.24) is 4.90 Å². The van der Waals surface area contributed by atoms with Crippen LogP contribution in [0.5, 0.6) is 0 Å². The van der Waals surface area contributed by atoms with Gasteiger partial charge in [0.05, 0.1) is 0 Å². The van der Waals surface area contributed by atoms with E-state index < -0.39 is 0 Å². The Morgan fingerprint density at radius 2 is 1.71 bits per heavy atom. The Labute approximate surface area is 109 Å². The van der Waals surface area contributed by atoms with Gasteiger partial charge in [-0.1, -0.05) is 12.5 Å². The Morgan fingerprint density at radius 3 is 2.29 bits per heavy atom. The van der Waals surface area contributed by atoms with E-state index >= 15 is 0 Å². The lowest BCUT2D eigenvalue weighted by Crippen LogP contribution is -2.31. The first-order valence-corrected chi connectivity index (χ1v) is 8.34. The number of hydrogen-bond donors (Lipinski definition) is 0. The van der Waals surface area contributed by atoms with Crippen molar-refractivity contribution in [2.75, 3.05) is 32.8 Å². The molecule has 0 unspecified atom stereocenters. The molecule has 0 aromatic carbocycles. The van der Waals surface area contributed by atoms with Crippen molar-refractivity contribution in [3.05, 3.63) is 0 Å². The standard InChI is InChI=1S/C13H27NO2Si/c1-3-15-13(16-4-2)17-12-8-11-14-9-6-5-7-10-14/h13H,3-12H2,1-2H3. The van der Waals surface area contributed by atoms with E-state index in [2.05, 4.69) is 4.90 Å². The molecule has 1 saturated heterocycles. The van der Waals surface area contributed by atoms with Gasteiger partial charge in [-0.25, -0.2) is 0 Å². The maximum absolute atomic E-state index is 5.55. The lowest BCUT2D eigenvalue weighted by Gasteiger charge is -2.26. The summed E-state index contributed by atoms with van der Waals surface area (Å²) in [5.74, 6) is 0.0476. The molecule has 0 atom stereocenters. The predicted octanol–water partition coefficient (Wildman–Crippen LogP) is 2.34. The first-order valence-electron chi connectivity index (χ1n) is 7.05. The summed E-state index contributed by atoms with van der Waals surface area (Å²) in [6.07, 6.45) is 5.50. The molecule has 1 aliphatic heterocycles. The first kappa shape index (κ1) is 15.2. The van der Waals surface area contributed by atoms with E-state index in [1.165, 1.54) is 51.4 Å². The van der Waals surface area contributed by atoms with Gasteiger partial charge in [-0.3, -0.25) is 0 Å². The maximum Gasteiger partial charge on any atom is 0.137 e. The highest BCUT2D eigenvalue weighted by Crippen LogP contribution is 2.09. The van der Waals surface area contributed by atoms with Crippen molar-refractivity contribution in [3.63, 3.8) is 0 Å². The van der Waals surface area contributed by atoms with Crippen LogP contribution >= 0.6 is 0 Å². The molecule has 0 saturated carbocycles. The fourth-order valence-corrected chi connectivity index (χ4v) is 3.34. The van der Waals surface area contributed by atoms with Crippen LogP contribution < -0.4 is 0 Å². The Hall–Kier alpha value is 0.0969. The van der Waals surface area contributed by atoms with Crippen LogP contribution in [0, 0.1) is 0 Å². The number of piperidine rings is 1. The fourth-order valence-electron chi connectivity index (χ4n) is 2.17. The van der Waals surface area contributed by atoms with Crippen LogP contribution in [0.3, 0.4) is 0 Å². The molecular formula is C13H27NO2Si. The van der Waals surface area contributed by atoms with Gasteiger partial charge in [-0.2, -0.15) is 0 Å². The highest BCUT2D eigenvalue weighted by Gasteiger charge is 2.11. The molecule has 0 spiro atoms. The smallest absolute Gasteiger partial charge is 0.137 e. The average molecular weight is 257 g/mol. The topological polar surface area (TPSA) is 21.7 Å². The summed E-state index contributed by atoms with van der Waals surface area (Å²) >= 11 is 0. The Morgan fingerprint density at radius 1 is 1.06 bits per heavy atom. The average Bonchev–Trinajstić information content (AvgIpc) is 2.36. The van der Waals surface area contributed by atoms with Crippen LogP contribution in [0.4, 0.5) is 0 Å². The highest BCUT2D eigenvalue weighted by molar-refractivity contribution is 6.36. The molecule has 3 nitrogen and oxygen atoms in total. The highest BCUT2D eigenvalue weighted by atomic mass is 28.2. The molecule has 0 N–H and O–H groups in total. The van der Waals surface area contributed by atoms with Crippen LogP contribution in [-0.4, -0.2) is 53.2 Å². The second kappa shape index (κ2) is 10.1. The van der Waals surface area contributed by atoms with Crippen LogP contribution in [0.15, 0.2) is 0 Å². The zero-order valence-corrected chi connectivity index (χ0v) is 12.4. The SMILES string of the molecule is CCOC(OCC)[Si]CCCN1CCCCC1. The summed E-state index contributed by atoms with van der Waals surface area (Å²) < 4.78 is 11.1. The van der Waals surface area contributed by atoms with Gasteiger partial charge in [-0.15, -0.1) is 0 Å². The zero-order chi connectivity index (χ0) is 12.3. The molecule has 0 amide bonds. The predicted molar refractivity (Wildman–Crippen MR) is 72.5 cm³/mol. The molecule has 4 heteroatoms. The van der Waals surface area contributed by atoms with E-state index in [-0.39, 0.29) is 5.91 Å². The number of rotatable bonds is 9. The van der Waals surface area contributed by atoms with Crippen molar-refractivity contribution < 1.29 is 9.47 Å². The van der Waals surface area contributed by atoms with E-state index in [1.54, 1.807) is 0 Å². The third-order valence-corrected chi connectivity index (χ3v) is 4.36. The van der Waals surface area contributed by atoms with Gasteiger partial charge < -0.3 is 14.4 Å². The Kier molecular flexibility index (Phi) is 8.97. The van der Waals surface area contributed by atoms with Crippen molar-refractivity contribution >= 4 is 9.52 Å². The van der Waals surface area contributed by atoms with Gasteiger partial charge in [0, 0.05) is 13.2 Å². The molecule has 2 radical (unpaired) electrons. The molecule has 1 fully saturated rings. The quantitative estimate of drug-likeness (QED) is 0.359. The Bertz CT molecular complexity index is 169. The molecule has 1 heterocycles. The molecule has 1 rings (SSSR count). The lowest BCUT2D eigenvalue weighted by atomic mass is 10.1. The fraction of sp³-hybridized carbons (Fsp3) is 1.00. The number of ether oxygens (including phenoxy) is 2. The molecule has 0 aromatic heterocycles. The van der Waals surface area contributed by atoms with Crippen LogP contribution in [0.1, 0.15) is 39.5 Å². The summed E-state index contributed by atoms with van der Waals surface area (Å²) in [5, 5.41) is 0. The molecule has 0 bridgehead atoms. The number of hydrogen-bond acceptors (Lipinski definition) is 3. The van der Waals surface area contributed by atoms with Crippen LogP contribution in [0.2, 0.25) is 6.04 Å². The Balaban J connectivity index is 2.00. The molecule has 0 aliphatic carbocycles. The van der Waals surface area contributed by atoms with E-state index in [4.69, 9.17) is 9.47 Å². The lowest BCUT2D eigenvalue weighted by molar-refractivity contribution is -0.0828. The van der Waals surface area contributed by atoms with Gasteiger partial charge in [0.25, 0.3) is 0 Å². The molecule has 17 heavy (non-hydrogen) atoms. The van der Waals surface area contributed by atoms with Crippen molar-refractivity contribution in [1.29, 1.82) is 0 Å². The molecule has 100 valence electrons. The van der Waals surface area contributed by atoms with Gasteiger partial charge in [0.1, 0.15) is 15.4 Å². The molecule has 0 aromatic rings. The minimum absolute atomic E-state index is 0.0476. The van der Waals surface area contributed by atoms with Gasteiger partial charge in [0.15, 0.2) is 0 Å². The van der Waals surface area contributed by atoms with E-state index in [0.29, 0.717) is 0 Å². The van der Waals surface area contributed by atoms with Crippen molar-refractivity contribution in [2.45, 2.75) is 51.5 Å². The summed E-state index contributed by atoms with van der Waals surface area (Å²) in [5.41, 5.74) is 0. The maximum atomic E-state index is 5.55. The third-order valence-electron chi connectivity index (χ3n) is 3.05. The zero-order valence-electron chi connectivity index (χ0n) is 11.4. The second-order valence-corrected chi connectivity index (χ2v) is 5.83. The van der Waals surface area contributed by atoms with Gasteiger partial charge in [-0.05, 0) is 52.7 Å². The van der Waals surface area contributed by atoms with Crippen molar-refractivity contribution in [3.8, 4) is 0 Å². The largest absolute Gasteiger partial charge is 0.357 e. The van der Waals surface area contributed by atoms with Crippen LogP contribution in [-0.2, 0) is 9.47 Å². The summed E-state index contributed by atoms with van der Waals surface area (Å²) in [6.45, 7) is 9.45. The first-order chi connectivity index (χ1) is 8.36. The van der Waals surface area contributed by atoms with Crippen LogP contribution in [0.25, 0.3) is 0 Å². The summed E-state index contributed by atoms with van der Waals surface area (Å²) in [4.78, 5) is 2.60. The summed E-state index contributed by atoms with van der Waals surface area (Å²) in [7, 11) is 0.787. The van der Waals surface area contributed by atoms with Crippen molar-refractivity contribution in [2.24, 2.45) is 0 Å². The number of likely N-dealkylation sites (tertiary alicyclic amines) is 1. The van der Waals surface area contributed by atoms with Gasteiger partial charge in [0.2, 0.25) is 0 Å². The molecular weight excluding hydrogens is 230 g/mol.